The van der Waals surface area contributed by atoms with Gasteiger partial charge in [0, 0.05) is 31.2 Å². The highest BCUT2D eigenvalue weighted by Crippen LogP contribution is 2.35. The molecule has 1 fully saturated rings. The van der Waals surface area contributed by atoms with E-state index in [1.807, 2.05) is 13.1 Å². The number of halogens is 1. The zero-order valence-corrected chi connectivity index (χ0v) is 9.83. The average molecular weight is 240 g/mol. The minimum Gasteiger partial charge on any atom is -0.365 e. The summed E-state index contributed by atoms with van der Waals surface area (Å²) >= 11 is 5.89. The summed E-state index contributed by atoms with van der Waals surface area (Å²) in [5, 5.41) is 15.0. The van der Waals surface area contributed by atoms with Crippen LogP contribution in [-0.2, 0) is 0 Å². The van der Waals surface area contributed by atoms with Crippen molar-refractivity contribution in [3.63, 3.8) is 0 Å². The molecule has 0 radical (unpaired) electrons. The summed E-state index contributed by atoms with van der Waals surface area (Å²) in [7, 11) is 2.01. The summed E-state index contributed by atoms with van der Waals surface area (Å²) in [6, 6.07) is 2.97. The van der Waals surface area contributed by atoms with Crippen LogP contribution in [0.3, 0.4) is 0 Å². The highest BCUT2D eigenvalue weighted by molar-refractivity contribution is 6.29. The fraction of sp³-hybridized carbons (Fsp3) is 0.600. The molecule has 2 N–H and O–H groups in total. The maximum atomic E-state index is 5.89. The molecule has 0 bridgehead atoms. The number of hydrogen-bond acceptors (Lipinski definition) is 5. The van der Waals surface area contributed by atoms with Gasteiger partial charge in [0.15, 0.2) is 11.0 Å². The van der Waals surface area contributed by atoms with Gasteiger partial charge in [-0.1, -0.05) is 11.6 Å². The van der Waals surface area contributed by atoms with Crippen LogP contribution >= 0.6 is 11.6 Å². The second-order valence-corrected chi connectivity index (χ2v) is 4.70. The Morgan fingerprint density at radius 1 is 1.56 bits per heavy atom. The van der Waals surface area contributed by atoms with E-state index in [2.05, 4.69) is 25.7 Å². The zero-order valence-electron chi connectivity index (χ0n) is 9.07. The molecule has 0 aliphatic carbocycles. The molecule has 0 unspecified atom stereocenters. The molecule has 2 aliphatic heterocycles. The number of anilines is 2. The van der Waals surface area contributed by atoms with Gasteiger partial charge in [0.1, 0.15) is 0 Å². The molecular weight excluding hydrogens is 226 g/mol. The highest BCUT2D eigenvalue weighted by atomic mass is 35.5. The number of nitrogens with zero attached hydrogens (tertiary/aromatic N) is 3. The van der Waals surface area contributed by atoms with Crippen molar-refractivity contribution in [1.29, 1.82) is 0 Å². The highest BCUT2D eigenvalue weighted by Gasteiger charge is 2.35. The van der Waals surface area contributed by atoms with Gasteiger partial charge in [0.25, 0.3) is 0 Å². The van der Waals surface area contributed by atoms with Crippen LogP contribution in [-0.4, -0.2) is 42.4 Å². The number of aromatic nitrogens is 2. The number of likely N-dealkylation sites (N-methyl/N-ethyl adjacent to an activating group) is 1. The van der Waals surface area contributed by atoms with E-state index < -0.39 is 0 Å². The van der Waals surface area contributed by atoms with Gasteiger partial charge in [-0.15, -0.1) is 10.2 Å². The molecule has 1 saturated heterocycles. The summed E-state index contributed by atoms with van der Waals surface area (Å²) < 4.78 is 0. The number of nitrogens with one attached hydrogen (secondary N) is 2. The molecule has 0 aromatic carbocycles. The van der Waals surface area contributed by atoms with E-state index in [0.717, 1.165) is 31.0 Å². The van der Waals surface area contributed by atoms with Crippen LogP contribution in [0.5, 0.6) is 0 Å². The van der Waals surface area contributed by atoms with Gasteiger partial charge in [-0.05, 0) is 13.5 Å². The van der Waals surface area contributed by atoms with Crippen LogP contribution in [0.15, 0.2) is 6.07 Å². The van der Waals surface area contributed by atoms with Gasteiger partial charge < -0.3 is 15.5 Å². The van der Waals surface area contributed by atoms with Gasteiger partial charge >= 0.3 is 0 Å². The smallest absolute Gasteiger partial charge is 0.172 e. The second-order valence-electron chi connectivity index (χ2n) is 4.31. The molecule has 5 nitrogen and oxygen atoms in total. The minimum atomic E-state index is 0.453. The van der Waals surface area contributed by atoms with Crippen molar-refractivity contribution in [3.05, 3.63) is 11.2 Å². The predicted molar refractivity (Wildman–Crippen MR) is 64.1 cm³/mol. The number of rotatable bonds is 1. The number of hydrogen-bond donors (Lipinski definition) is 2. The molecule has 3 heterocycles. The van der Waals surface area contributed by atoms with Crippen LogP contribution in [0.4, 0.5) is 11.5 Å². The molecule has 0 amide bonds. The third-order valence-corrected chi connectivity index (χ3v) is 3.57. The Bertz CT molecular complexity index is 410. The van der Waals surface area contributed by atoms with Crippen LogP contribution in [0, 0.1) is 0 Å². The van der Waals surface area contributed by atoms with E-state index in [9.17, 15) is 0 Å². The fourth-order valence-corrected chi connectivity index (χ4v) is 2.67. The first kappa shape index (κ1) is 10.1. The van der Waals surface area contributed by atoms with E-state index in [4.69, 9.17) is 11.6 Å². The van der Waals surface area contributed by atoms with Gasteiger partial charge in [0.05, 0.1) is 5.69 Å². The van der Waals surface area contributed by atoms with Gasteiger partial charge in [0.2, 0.25) is 0 Å². The van der Waals surface area contributed by atoms with Crippen molar-refractivity contribution in [2.24, 2.45) is 0 Å². The predicted octanol–water partition coefficient (Wildman–Crippen LogP) is 0.722. The first-order chi connectivity index (χ1) is 7.78. The lowest BCUT2D eigenvalue weighted by atomic mass is 10.1. The van der Waals surface area contributed by atoms with Crippen LogP contribution in [0.25, 0.3) is 0 Å². The van der Waals surface area contributed by atoms with Crippen molar-refractivity contribution in [1.82, 2.24) is 15.5 Å². The summed E-state index contributed by atoms with van der Waals surface area (Å²) in [5.41, 5.74) is 1.08. The molecule has 3 rings (SSSR count). The van der Waals surface area contributed by atoms with Crippen LogP contribution in [0.2, 0.25) is 5.15 Å². The molecule has 0 saturated carbocycles. The molecule has 1 aromatic heterocycles. The quantitative estimate of drug-likeness (QED) is 0.757. The summed E-state index contributed by atoms with van der Waals surface area (Å²) in [4.78, 5) is 2.37. The first-order valence-electron chi connectivity index (χ1n) is 5.49. The SMILES string of the molecule is CN[C@@H]1C[C@@H]2CNc3nnc(Cl)cc3N2C1. The van der Waals surface area contributed by atoms with Gasteiger partial charge in [-0.2, -0.15) is 0 Å². The Balaban J connectivity index is 1.96. The minimum absolute atomic E-state index is 0.453. The topological polar surface area (TPSA) is 53.1 Å². The van der Waals surface area contributed by atoms with E-state index in [1.54, 1.807) is 0 Å². The third kappa shape index (κ3) is 1.51. The number of fused-ring (bicyclic) bond motifs is 3. The van der Waals surface area contributed by atoms with Crippen molar-refractivity contribution < 1.29 is 0 Å². The maximum absolute atomic E-state index is 5.89. The zero-order chi connectivity index (χ0) is 11.1. The summed E-state index contributed by atoms with van der Waals surface area (Å²) in [6.07, 6.45) is 1.16. The lowest BCUT2D eigenvalue weighted by molar-refractivity contribution is 0.587. The lowest BCUT2D eigenvalue weighted by Gasteiger charge is -2.32. The normalized spacial score (nSPS) is 27.2. The van der Waals surface area contributed by atoms with E-state index >= 15 is 0 Å². The molecule has 2 aliphatic rings. The monoisotopic (exact) mass is 239 g/mol. The standard InChI is InChI=1S/C10H14ClN5/c1-12-6-2-7-4-13-10-8(16(7)5-6)3-9(11)14-15-10/h3,6-7,12H,2,4-5H2,1H3,(H,13,15)/t6-,7-/m1/s1. The van der Waals surface area contributed by atoms with E-state index in [0.29, 0.717) is 17.2 Å². The van der Waals surface area contributed by atoms with Crippen molar-refractivity contribution in [2.75, 3.05) is 30.4 Å². The Morgan fingerprint density at radius 2 is 2.44 bits per heavy atom. The largest absolute Gasteiger partial charge is 0.365 e. The van der Waals surface area contributed by atoms with E-state index in [1.165, 1.54) is 0 Å². The van der Waals surface area contributed by atoms with Gasteiger partial charge in [-0.25, -0.2) is 0 Å². The van der Waals surface area contributed by atoms with E-state index in [-0.39, 0.29) is 0 Å². The fourth-order valence-electron chi connectivity index (χ4n) is 2.53. The maximum Gasteiger partial charge on any atom is 0.172 e. The Kier molecular flexibility index (Phi) is 2.37. The Morgan fingerprint density at radius 3 is 3.25 bits per heavy atom. The summed E-state index contributed by atoms with van der Waals surface area (Å²) in [6.45, 7) is 1.94. The Hall–Kier alpha value is -1.07. The molecule has 0 spiro atoms. The molecule has 86 valence electrons. The molecular formula is C10H14ClN5. The molecule has 2 atom stereocenters. The van der Waals surface area contributed by atoms with Crippen molar-refractivity contribution in [3.8, 4) is 0 Å². The third-order valence-electron chi connectivity index (χ3n) is 3.38. The summed E-state index contributed by atoms with van der Waals surface area (Å²) in [5.74, 6) is 0.845. The van der Waals surface area contributed by atoms with Crippen molar-refractivity contribution >= 4 is 23.1 Å². The molecule has 1 aromatic rings. The lowest BCUT2D eigenvalue weighted by Crippen LogP contribution is -2.40. The second kappa shape index (κ2) is 3.75. The first-order valence-corrected chi connectivity index (χ1v) is 5.86. The average Bonchev–Trinajstić information content (AvgIpc) is 2.72. The molecule has 16 heavy (non-hydrogen) atoms. The van der Waals surface area contributed by atoms with Crippen LogP contribution in [0.1, 0.15) is 6.42 Å². The van der Waals surface area contributed by atoms with Crippen LogP contribution < -0.4 is 15.5 Å². The van der Waals surface area contributed by atoms with Crippen molar-refractivity contribution in [2.45, 2.75) is 18.5 Å². The Labute approximate surface area is 99.2 Å². The molecule has 6 heteroatoms. The van der Waals surface area contributed by atoms with Gasteiger partial charge in [-0.3, -0.25) is 0 Å².